The summed E-state index contributed by atoms with van der Waals surface area (Å²) in [6, 6.07) is 12.1. The summed E-state index contributed by atoms with van der Waals surface area (Å²) in [5, 5.41) is 9.37. The Hall–Kier alpha value is -2.47. The van der Waals surface area contributed by atoms with Crippen LogP contribution in [0, 0.1) is 0 Å². The van der Waals surface area contributed by atoms with E-state index in [-0.39, 0.29) is 11.3 Å². The average molecular weight is 369 g/mol. The molecule has 0 saturated heterocycles. The Morgan fingerprint density at radius 2 is 1.88 bits per heavy atom. The normalized spacial score (nSPS) is 16.6. The Morgan fingerprint density at radius 1 is 1.20 bits per heavy atom. The van der Waals surface area contributed by atoms with Crippen LogP contribution in [0.5, 0.6) is 5.75 Å². The van der Waals surface area contributed by atoms with Gasteiger partial charge in [-0.3, -0.25) is 0 Å². The molecule has 25 heavy (non-hydrogen) atoms. The van der Waals surface area contributed by atoms with E-state index in [1.807, 2.05) is 30.3 Å². The second kappa shape index (κ2) is 6.44. The molecule has 7 heteroatoms. The highest BCUT2D eigenvalue weighted by atomic mass is 35.5. The zero-order chi connectivity index (χ0) is 18.2. The van der Waals surface area contributed by atoms with Crippen LogP contribution >= 0.6 is 11.6 Å². The number of aliphatic carboxylic acids is 1. The first kappa shape index (κ1) is 17.4. The lowest BCUT2D eigenvalue weighted by Crippen LogP contribution is -2.40. The van der Waals surface area contributed by atoms with Crippen LogP contribution in [0.15, 0.2) is 48.0 Å². The molecule has 0 aliphatic carbocycles. The molecule has 0 spiro atoms. The largest absolute Gasteiger partial charge is 0.478 e. The Morgan fingerprint density at radius 3 is 2.48 bits per heavy atom. The number of alkyl halides is 3. The van der Waals surface area contributed by atoms with Crippen LogP contribution in [0.4, 0.5) is 13.2 Å². The summed E-state index contributed by atoms with van der Waals surface area (Å²) in [5.41, 5.74) is 0.876. The molecular formula is C18H12ClF3O3. The van der Waals surface area contributed by atoms with Crippen molar-refractivity contribution in [3.8, 4) is 5.75 Å². The van der Waals surface area contributed by atoms with Crippen molar-refractivity contribution in [3.05, 3.63) is 69.8 Å². The van der Waals surface area contributed by atoms with E-state index in [4.69, 9.17) is 21.4 Å². The molecule has 1 aliphatic heterocycles. The lowest BCUT2D eigenvalue weighted by Gasteiger charge is -2.27. The molecule has 0 unspecified atom stereocenters. The van der Waals surface area contributed by atoms with Crippen molar-refractivity contribution in [1.29, 1.82) is 0 Å². The van der Waals surface area contributed by atoms with Gasteiger partial charge in [-0.05, 0) is 35.8 Å². The predicted molar refractivity (Wildman–Crippen MR) is 86.8 cm³/mol. The van der Waals surface area contributed by atoms with E-state index in [0.29, 0.717) is 17.0 Å². The number of carbonyl (C=O) groups is 1. The van der Waals surface area contributed by atoms with E-state index in [2.05, 4.69) is 0 Å². The van der Waals surface area contributed by atoms with Crippen LogP contribution in [-0.2, 0) is 11.2 Å². The van der Waals surface area contributed by atoms with Crippen LogP contribution < -0.4 is 4.74 Å². The molecule has 3 nitrogen and oxygen atoms in total. The van der Waals surface area contributed by atoms with Crippen molar-refractivity contribution in [3.63, 3.8) is 0 Å². The Bertz CT molecular complexity index is 845. The van der Waals surface area contributed by atoms with Gasteiger partial charge in [0.2, 0.25) is 6.10 Å². The van der Waals surface area contributed by atoms with E-state index in [9.17, 15) is 18.0 Å². The van der Waals surface area contributed by atoms with E-state index in [0.717, 1.165) is 11.6 Å². The van der Waals surface area contributed by atoms with Crippen molar-refractivity contribution in [1.82, 2.24) is 0 Å². The fraction of sp³-hybridized carbons (Fsp3) is 0.167. The Balaban J connectivity index is 2.02. The van der Waals surface area contributed by atoms with Crippen LogP contribution in [-0.4, -0.2) is 23.4 Å². The fourth-order valence-corrected chi connectivity index (χ4v) is 2.87. The third-order valence-electron chi connectivity index (χ3n) is 3.80. The first-order valence-electron chi connectivity index (χ1n) is 7.30. The lowest BCUT2D eigenvalue weighted by atomic mass is 9.97. The third-order valence-corrected chi connectivity index (χ3v) is 4.15. The maximum atomic E-state index is 13.1. The van der Waals surface area contributed by atoms with Gasteiger partial charge in [-0.15, -0.1) is 0 Å². The molecule has 1 aliphatic rings. The summed E-state index contributed by atoms with van der Waals surface area (Å²) in [5.74, 6) is -1.72. The van der Waals surface area contributed by atoms with Crippen LogP contribution in [0.25, 0.3) is 6.08 Å². The number of ether oxygens (including phenoxy) is 1. The summed E-state index contributed by atoms with van der Waals surface area (Å²) < 4.78 is 44.3. The minimum Gasteiger partial charge on any atom is -0.478 e. The number of benzene rings is 2. The number of carboxylic acids is 1. The van der Waals surface area contributed by atoms with Gasteiger partial charge >= 0.3 is 12.1 Å². The van der Waals surface area contributed by atoms with Gasteiger partial charge in [0.1, 0.15) is 5.75 Å². The quantitative estimate of drug-likeness (QED) is 0.852. The number of halogens is 4. The van der Waals surface area contributed by atoms with Gasteiger partial charge in [-0.25, -0.2) is 4.79 Å². The summed E-state index contributed by atoms with van der Waals surface area (Å²) in [6.45, 7) is 0. The SMILES string of the molecule is O=C(O)C1=Cc2cc(Cl)c(Cc3ccccc3)cc2O[C@@H]1C(F)(F)F. The molecule has 0 fully saturated rings. The first-order valence-corrected chi connectivity index (χ1v) is 7.68. The average Bonchev–Trinajstić information content (AvgIpc) is 2.54. The number of hydrogen-bond acceptors (Lipinski definition) is 2. The van der Waals surface area contributed by atoms with Gasteiger partial charge in [0, 0.05) is 10.6 Å². The van der Waals surface area contributed by atoms with Crippen molar-refractivity contribution < 1.29 is 27.8 Å². The summed E-state index contributed by atoms with van der Waals surface area (Å²) >= 11 is 6.21. The minimum absolute atomic E-state index is 0.0392. The molecule has 0 amide bonds. The Labute approximate surface area is 146 Å². The molecule has 130 valence electrons. The van der Waals surface area contributed by atoms with Gasteiger partial charge in [0.25, 0.3) is 0 Å². The van der Waals surface area contributed by atoms with Gasteiger partial charge in [-0.1, -0.05) is 41.9 Å². The molecule has 0 saturated carbocycles. The molecule has 1 heterocycles. The highest BCUT2D eigenvalue weighted by Crippen LogP contribution is 2.39. The molecular weight excluding hydrogens is 357 g/mol. The highest BCUT2D eigenvalue weighted by molar-refractivity contribution is 6.31. The van der Waals surface area contributed by atoms with Crippen molar-refractivity contribution in [2.24, 2.45) is 0 Å². The standard InChI is InChI=1S/C18H12ClF3O3/c19-14-8-12-7-13(17(23)24)16(18(20,21)22)25-15(12)9-11(14)6-10-4-2-1-3-5-10/h1-5,7-9,16H,6H2,(H,23,24)/t16-/m0/s1. The van der Waals surface area contributed by atoms with Gasteiger partial charge in [-0.2, -0.15) is 13.2 Å². The van der Waals surface area contributed by atoms with Crippen molar-refractivity contribution in [2.45, 2.75) is 18.7 Å². The molecule has 2 aromatic rings. The van der Waals surface area contributed by atoms with Gasteiger partial charge in [0.05, 0.1) is 5.57 Å². The topological polar surface area (TPSA) is 46.5 Å². The van der Waals surface area contributed by atoms with Crippen LogP contribution in [0.2, 0.25) is 5.02 Å². The molecule has 1 N–H and O–H groups in total. The van der Waals surface area contributed by atoms with Crippen LogP contribution in [0.3, 0.4) is 0 Å². The third kappa shape index (κ3) is 3.64. The van der Waals surface area contributed by atoms with Gasteiger partial charge < -0.3 is 9.84 Å². The van der Waals surface area contributed by atoms with E-state index in [1.54, 1.807) is 0 Å². The molecule has 0 bridgehead atoms. The van der Waals surface area contributed by atoms with E-state index >= 15 is 0 Å². The molecule has 0 radical (unpaired) electrons. The van der Waals surface area contributed by atoms with Crippen LogP contribution in [0.1, 0.15) is 16.7 Å². The maximum Gasteiger partial charge on any atom is 0.430 e. The fourth-order valence-electron chi connectivity index (χ4n) is 2.63. The number of carboxylic acid groups (broad SMARTS) is 1. The monoisotopic (exact) mass is 368 g/mol. The lowest BCUT2D eigenvalue weighted by molar-refractivity contribution is -0.187. The molecule has 1 atom stereocenters. The van der Waals surface area contributed by atoms with Crippen molar-refractivity contribution >= 4 is 23.6 Å². The molecule has 3 rings (SSSR count). The predicted octanol–water partition coefficient (Wildman–Crippen LogP) is 4.72. The zero-order valence-corrected chi connectivity index (χ0v) is 13.4. The number of hydrogen-bond donors (Lipinski definition) is 1. The minimum atomic E-state index is -4.83. The second-order valence-corrected chi connectivity index (χ2v) is 6.00. The maximum absolute atomic E-state index is 13.1. The van der Waals surface area contributed by atoms with E-state index < -0.39 is 23.8 Å². The zero-order valence-electron chi connectivity index (χ0n) is 12.7. The van der Waals surface area contributed by atoms with E-state index in [1.165, 1.54) is 12.1 Å². The number of fused-ring (bicyclic) bond motifs is 1. The first-order chi connectivity index (χ1) is 11.8. The molecule has 2 aromatic carbocycles. The molecule has 0 aromatic heterocycles. The highest BCUT2D eigenvalue weighted by Gasteiger charge is 2.48. The number of rotatable bonds is 3. The summed E-state index contributed by atoms with van der Waals surface area (Å²) in [7, 11) is 0. The van der Waals surface area contributed by atoms with Crippen molar-refractivity contribution in [2.75, 3.05) is 0 Å². The second-order valence-electron chi connectivity index (χ2n) is 5.59. The smallest absolute Gasteiger partial charge is 0.430 e. The Kier molecular flexibility index (Phi) is 4.47. The summed E-state index contributed by atoms with van der Waals surface area (Å²) in [6.07, 6.45) is -5.97. The summed E-state index contributed by atoms with van der Waals surface area (Å²) in [4.78, 5) is 11.1. The van der Waals surface area contributed by atoms with Gasteiger partial charge in [0.15, 0.2) is 0 Å².